The van der Waals surface area contributed by atoms with Gasteiger partial charge in [0.25, 0.3) is 0 Å². The van der Waals surface area contributed by atoms with E-state index in [0.717, 1.165) is 5.56 Å². The summed E-state index contributed by atoms with van der Waals surface area (Å²) < 4.78 is 42.4. The molecule has 1 saturated heterocycles. The zero-order valence-corrected chi connectivity index (χ0v) is 13.1. The zero-order chi connectivity index (χ0) is 16.2. The molecule has 0 bridgehead atoms. The van der Waals surface area contributed by atoms with E-state index in [1.807, 2.05) is 21.7 Å². The van der Waals surface area contributed by atoms with Crippen LogP contribution >= 0.6 is 11.3 Å². The SMILES string of the molecule is COC(=O)C(c1ccsc1)N1CCCN(CC(F)(F)F)CC1. The molecule has 8 heteroatoms. The number of hydrogen-bond donors (Lipinski definition) is 0. The minimum atomic E-state index is -4.19. The third-order valence-corrected chi connectivity index (χ3v) is 4.38. The highest BCUT2D eigenvalue weighted by molar-refractivity contribution is 7.08. The van der Waals surface area contributed by atoms with Crippen LogP contribution in [0.25, 0.3) is 0 Å². The Bertz CT molecular complexity index is 479. The first-order valence-electron chi connectivity index (χ1n) is 7.04. The number of esters is 1. The Morgan fingerprint density at radius 3 is 2.73 bits per heavy atom. The Morgan fingerprint density at radius 2 is 2.14 bits per heavy atom. The van der Waals surface area contributed by atoms with Crippen LogP contribution in [0.15, 0.2) is 16.8 Å². The van der Waals surface area contributed by atoms with Crippen molar-refractivity contribution in [2.24, 2.45) is 0 Å². The molecule has 0 spiro atoms. The average molecular weight is 336 g/mol. The number of ether oxygens (including phenoxy) is 1. The number of carbonyl (C=O) groups is 1. The van der Waals surface area contributed by atoms with E-state index in [9.17, 15) is 18.0 Å². The number of rotatable bonds is 4. The van der Waals surface area contributed by atoms with Gasteiger partial charge in [0, 0.05) is 19.6 Å². The third-order valence-electron chi connectivity index (χ3n) is 3.67. The van der Waals surface area contributed by atoms with Gasteiger partial charge < -0.3 is 4.74 Å². The van der Waals surface area contributed by atoms with Crippen molar-refractivity contribution in [3.8, 4) is 0 Å². The highest BCUT2D eigenvalue weighted by atomic mass is 32.1. The zero-order valence-electron chi connectivity index (χ0n) is 12.3. The molecule has 0 aromatic carbocycles. The predicted molar refractivity (Wildman–Crippen MR) is 77.8 cm³/mol. The van der Waals surface area contributed by atoms with Crippen LogP contribution in [0.2, 0.25) is 0 Å². The maximum Gasteiger partial charge on any atom is 0.401 e. The van der Waals surface area contributed by atoms with Crippen molar-refractivity contribution in [3.05, 3.63) is 22.4 Å². The summed E-state index contributed by atoms with van der Waals surface area (Å²) in [5.41, 5.74) is 0.834. The van der Waals surface area contributed by atoms with Crippen molar-refractivity contribution >= 4 is 17.3 Å². The van der Waals surface area contributed by atoms with Crippen molar-refractivity contribution in [2.45, 2.75) is 18.6 Å². The second kappa shape index (κ2) is 7.43. The molecule has 1 fully saturated rings. The first-order valence-corrected chi connectivity index (χ1v) is 7.98. The lowest BCUT2D eigenvalue weighted by Gasteiger charge is -2.28. The topological polar surface area (TPSA) is 32.8 Å². The van der Waals surface area contributed by atoms with Crippen LogP contribution in [0.5, 0.6) is 0 Å². The molecule has 2 heterocycles. The van der Waals surface area contributed by atoms with E-state index in [1.54, 1.807) is 0 Å². The van der Waals surface area contributed by atoms with E-state index >= 15 is 0 Å². The molecule has 124 valence electrons. The van der Waals surface area contributed by atoms with Gasteiger partial charge in [-0.05, 0) is 35.4 Å². The summed E-state index contributed by atoms with van der Waals surface area (Å²) in [4.78, 5) is 15.4. The largest absolute Gasteiger partial charge is 0.468 e. The number of alkyl halides is 3. The number of nitrogens with zero attached hydrogens (tertiary/aromatic N) is 2. The van der Waals surface area contributed by atoms with Crippen LogP contribution in [0.3, 0.4) is 0 Å². The van der Waals surface area contributed by atoms with Crippen LogP contribution in [-0.2, 0) is 9.53 Å². The van der Waals surface area contributed by atoms with Crippen molar-refractivity contribution in [2.75, 3.05) is 39.8 Å². The molecule has 0 radical (unpaired) electrons. The fourth-order valence-electron chi connectivity index (χ4n) is 2.70. The van der Waals surface area contributed by atoms with Crippen LogP contribution in [-0.4, -0.2) is 61.8 Å². The Hall–Kier alpha value is -1.12. The maximum atomic E-state index is 12.5. The highest BCUT2D eigenvalue weighted by Crippen LogP contribution is 2.26. The van der Waals surface area contributed by atoms with Crippen molar-refractivity contribution in [1.82, 2.24) is 9.80 Å². The van der Waals surface area contributed by atoms with Crippen molar-refractivity contribution in [3.63, 3.8) is 0 Å². The molecule has 4 nitrogen and oxygen atoms in total. The summed E-state index contributed by atoms with van der Waals surface area (Å²) in [7, 11) is 1.33. The second-order valence-electron chi connectivity index (χ2n) is 5.26. The minimum absolute atomic E-state index is 0.289. The van der Waals surface area contributed by atoms with E-state index in [-0.39, 0.29) is 12.5 Å². The van der Waals surface area contributed by atoms with Crippen LogP contribution in [0.1, 0.15) is 18.0 Å². The van der Waals surface area contributed by atoms with E-state index < -0.39 is 18.8 Å². The Morgan fingerprint density at radius 1 is 1.36 bits per heavy atom. The van der Waals surface area contributed by atoms with Gasteiger partial charge in [0.15, 0.2) is 0 Å². The molecular formula is C14H19F3N2O2S. The Kier molecular flexibility index (Phi) is 5.82. The smallest absolute Gasteiger partial charge is 0.401 e. The molecule has 1 atom stereocenters. The molecule has 1 aliphatic heterocycles. The Labute approximate surface area is 131 Å². The number of methoxy groups -OCH3 is 1. The predicted octanol–water partition coefficient (Wildman–Crippen LogP) is 2.53. The number of halogens is 3. The van der Waals surface area contributed by atoms with Gasteiger partial charge in [-0.3, -0.25) is 9.80 Å². The molecule has 0 amide bonds. The van der Waals surface area contributed by atoms with Gasteiger partial charge in [-0.1, -0.05) is 0 Å². The van der Waals surface area contributed by atoms with Gasteiger partial charge in [-0.25, -0.2) is 4.79 Å². The summed E-state index contributed by atoms with van der Waals surface area (Å²) in [6.45, 7) is 0.753. The van der Waals surface area contributed by atoms with Gasteiger partial charge in [-0.2, -0.15) is 24.5 Å². The molecule has 22 heavy (non-hydrogen) atoms. The molecule has 1 aromatic rings. The van der Waals surface area contributed by atoms with Crippen molar-refractivity contribution in [1.29, 1.82) is 0 Å². The normalized spacial score (nSPS) is 19.6. The summed E-state index contributed by atoms with van der Waals surface area (Å²) in [6, 6.07) is 1.31. The van der Waals surface area contributed by atoms with Crippen LogP contribution < -0.4 is 0 Å². The Balaban J connectivity index is 2.05. The van der Waals surface area contributed by atoms with E-state index in [2.05, 4.69) is 0 Å². The van der Waals surface area contributed by atoms with E-state index in [0.29, 0.717) is 26.1 Å². The van der Waals surface area contributed by atoms with E-state index in [4.69, 9.17) is 4.74 Å². The maximum absolute atomic E-state index is 12.5. The van der Waals surface area contributed by atoms with Gasteiger partial charge in [0.2, 0.25) is 0 Å². The van der Waals surface area contributed by atoms with Gasteiger partial charge >= 0.3 is 12.1 Å². The first-order chi connectivity index (χ1) is 10.4. The summed E-state index contributed by atoms with van der Waals surface area (Å²) in [6.07, 6.45) is -3.60. The molecule has 2 rings (SSSR count). The van der Waals surface area contributed by atoms with Crippen LogP contribution in [0.4, 0.5) is 13.2 Å². The standard InChI is InChI=1S/C14H19F3N2O2S/c1-21-13(20)12(11-3-8-22-9-11)19-5-2-4-18(6-7-19)10-14(15,16)17/h3,8-9,12H,2,4-7,10H2,1H3. The lowest BCUT2D eigenvalue weighted by molar-refractivity contribution is -0.149. The molecule has 0 aliphatic carbocycles. The monoisotopic (exact) mass is 336 g/mol. The number of carbonyl (C=O) groups excluding carboxylic acids is 1. The van der Waals surface area contributed by atoms with Crippen LogP contribution in [0, 0.1) is 0 Å². The number of hydrogen-bond acceptors (Lipinski definition) is 5. The van der Waals surface area contributed by atoms with E-state index in [1.165, 1.54) is 23.3 Å². The molecular weight excluding hydrogens is 317 g/mol. The first kappa shape index (κ1) is 17.2. The summed E-state index contributed by atoms with van der Waals surface area (Å²) in [5, 5.41) is 3.75. The molecule has 1 unspecified atom stereocenters. The minimum Gasteiger partial charge on any atom is -0.468 e. The molecule has 1 aliphatic rings. The highest BCUT2D eigenvalue weighted by Gasteiger charge is 2.34. The van der Waals surface area contributed by atoms with Gasteiger partial charge in [-0.15, -0.1) is 0 Å². The second-order valence-corrected chi connectivity index (χ2v) is 6.04. The quantitative estimate of drug-likeness (QED) is 0.791. The molecule has 0 N–H and O–H groups in total. The fraction of sp³-hybridized carbons (Fsp3) is 0.643. The van der Waals surface area contributed by atoms with Crippen molar-refractivity contribution < 1.29 is 22.7 Å². The average Bonchev–Trinajstić information content (AvgIpc) is 2.87. The molecule has 0 saturated carbocycles. The third kappa shape index (κ3) is 4.69. The lowest BCUT2D eigenvalue weighted by atomic mass is 10.1. The summed E-state index contributed by atoms with van der Waals surface area (Å²) >= 11 is 1.48. The van der Waals surface area contributed by atoms with Gasteiger partial charge in [0.1, 0.15) is 6.04 Å². The fourth-order valence-corrected chi connectivity index (χ4v) is 3.38. The number of thiophene rings is 1. The molecule has 1 aromatic heterocycles. The van der Waals surface area contributed by atoms with Gasteiger partial charge in [0.05, 0.1) is 13.7 Å². The lowest BCUT2D eigenvalue weighted by Crippen LogP contribution is -2.39. The summed E-state index contributed by atoms with van der Waals surface area (Å²) in [5.74, 6) is -0.373.